The third kappa shape index (κ3) is 3.72. The van der Waals surface area contributed by atoms with E-state index in [-0.39, 0.29) is 17.9 Å². The smallest absolute Gasteiger partial charge is 0.271 e. The van der Waals surface area contributed by atoms with Gasteiger partial charge in [0.25, 0.3) is 11.6 Å². The number of aromatic nitrogens is 2. The quantitative estimate of drug-likeness (QED) is 0.520. The predicted molar refractivity (Wildman–Crippen MR) is 86.2 cm³/mol. The third-order valence-electron chi connectivity index (χ3n) is 3.45. The molecule has 9 heteroatoms. The standard InChI is InChI=1S/C16H14N4O5/c21-14(15-5-2-8-25-15)10-17-16(22)13-6-7-19(18-13)11-3-1-4-12(9-11)20(23)24/h1-9,14,21H,10H2,(H,17,22). The van der Waals surface area contributed by atoms with Gasteiger partial charge in [0.15, 0.2) is 5.69 Å². The summed E-state index contributed by atoms with van der Waals surface area (Å²) in [6, 6.07) is 10.6. The third-order valence-corrected chi connectivity index (χ3v) is 3.45. The van der Waals surface area contributed by atoms with Crippen LogP contribution in [0.5, 0.6) is 0 Å². The molecule has 1 amide bonds. The molecule has 3 rings (SSSR count). The highest BCUT2D eigenvalue weighted by atomic mass is 16.6. The molecule has 1 unspecified atom stereocenters. The van der Waals surface area contributed by atoms with Crippen molar-refractivity contribution in [1.29, 1.82) is 0 Å². The minimum absolute atomic E-state index is 0.0317. The molecule has 0 spiro atoms. The Hall–Kier alpha value is -3.46. The minimum atomic E-state index is -0.960. The molecule has 2 aromatic heterocycles. The molecule has 1 aromatic carbocycles. The van der Waals surface area contributed by atoms with Crippen LogP contribution in [0.1, 0.15) is 22.4 Å². The molecule has 3 aromatic rings. The van der Waals surface area contributed by atoms with E-state index in [2.05, 4.69) is 10.4 Å². The number of nitro benzene ring substituents is 1. The molecule has 0 aliphatic heterocycles. The highest BCUT2D eigenvalue weighted by Crippen LogP contribution is 2.16. The average Bonchev–Trinajstić information content (AvgIpc) is 3.31. The second-order valence-electron chi connectivity index (χ2n) is 5.16. The lowest BCUT2D eigenvalue weighted by atomic mass is 10.2. The Balaban J connectivity index is 1.67. The summed E-state index contributed by atoms with van der Waals surface area (Å²) in [6.07, 6.45) is 2.00. The van der Waals surface area contributed by atoms with E-state index in [1.807, 2.05) is 0 Å². The largest absolute Gasteiger partial charge is 0.467 e. The first-order valence-corrected chi connectivity index (χ1v) is 7.35. The summed E-state index contributed by atoms with van der Waals surface area (Å²) in [5.74, 6) is -0.128. The molecule has 128 valence electrons. The predicted octanol–water partition coefficient (Wildman–Crippen LogP) is 1.84. The number of nitro groups is 1. The van der Waals surface area contributed by atoms with Gasteiger partial charge >= 0.3 is 0 Å². The summed E-state index contributed by atoms with van der Waals surface area (Å²) >= 11 is 0. The molecule has 0 aliphatic rings. The number of amides is 1. The lowest BCUT2D eigenvalue weighted by Crippen LogP contribution is -2.28. The van der Waals surface area contributed by atoms with E-state index >= 15 is 0 Å². The minimum Gasteiger partial charge on any atom is -0.467 e. The zero-order valence-corrected chi connectivity index (χ0v) is 12.9. The molecule has 2 heterocycles. The van der Waals surface area contributed by atoms with Crippen molar-refractivity contribution in [3.63, 3.8) is 0 Å². The second kappa shape index (κ2) is 6.97. The van der Waals surface area contributed by atoms with Crippen LogP contribution >= 0.6 is 0 Å². The number of hydrogen-bond acceptors (Lipinski definition) is 6. The SMILES string of the molecule is O=C(NCC(O)c1ccco1)c1ccn(-c2cccc([N+](=O)[O-])c2)n1. The van der Waals surface area contributed by atoms with Crippen LogP contribution in [-0.4, -0.2) is 32.3 Å². The van der Waals surface area contributed by atoms with Crippen LogP contribution in [-0.2, 0) is 0 Å². The molecule has 2 N–H and O–H groups in total. The van der Waals surface area contributed by atoms with E-state index in [0.29, 0.717) is 11.4 Å². The van der Waals surface area contributed by atoms with Gasteiger partial charge in [-0.3, -0.25) is 14.9 Å². The van der Waals surface area contributed by atoms with Crippen molar-refractivity contribution in [2.75, 3.05) is 6.54 Å². The first-order valence-electron chi connectivity index (χ1n) is 7.35. The Bertz CT molecular complexity index is 888. The molecule has 9 nitrogen and oxygen atoms in total. The Morgan fingerprint density at radius 2 is 2.20 bits per heavy atom. The number of hydrogen-bond donors (Lipinski definition) is 2. The van der Waals surface area contributed by atoms with Crippen molar-refractivity contribution < 1.29 is 19.2 Å². The van der Waals surface area contributed by atoms with Crippen LogP contribution < -0.4 is 5.32 Å². The van der Waals surface area contributed by atoms with Crippen LogP contribution in [0, 0.1) is 10.1 Å². The maximum atomic E-state index is 12.1. The lowest BCUT2D eigenvalue weighted by molar-refractivity contribution is -0.384. The number of furan rings is 1. The zero-order valence-electron chi connectivity index (χ0n) is 12.9. The van der Waals surface area contributed by atoms with E-state index in [0.717, 1.165) is 0 Å². The van der Waals surface area contributed by atoms with Crippen molar-refractivity contribution in [3.8, 4) is 5.69 Å². The van der Waals surface area contributed by atoms with Crippen molar-refractivity contribution in [3.05, 3.63) is 76.5 Å². The summed E-state index contributed by atoms with van der Waals surface area (Å²) in [5.41, 5.74) is 0.516. The molecule has 0 radical (unpaired) electrons. The summed E-state index contributed by atoms with van der Waals surface area (Å²) in [4.78, 5) is 22.4. The molecule has 0 saturated heterocycles. The normalized spacial score (nSPS) is 11.9. The van der Waals surface area contributed by atoms with Crippen molar-refractivity contribution in [1.82, 2.24) is 15.1 Å². The van der Waals surface area contributed by atoms with Crippen LogP contribution in [0.2, 0.25) is 0 Å². The Kier molecular flexibility index (Phi) is 4.57. The maximum absolute atomic E-state index is 12.1. The first kappa shape index (κ1) is 16.4. The Morgan fingerprint density at radius 3 is 2.92 bits per heavy atom. The molecule has 0 fully saturated rings. The molecule has 0 bridgehead atoms. The van der Waals surface area contributed by atoms with Gasteiger partial charge < -0.3 is 14.8 Å². The van der Waals surface area contributed by atoms with Gasteiger partial charge in [-0.25, -0.2) is 4.68 Å². The Morgan fingerprint density at radius 1 is 1.36 bits per heavy atom. The van der Waals surface area contributed by atoms with Crippen molar-refractivity contribution in [2.24, 2.45) is 0 Å². The van der Waals surface area contributed by atoms with Gasteiger partial charge in [-0.2, -0.15) is 5.10 Å². The topological polar surface area (TPSA) is 123 Å². The van der Waals surface area contributed by atoms with E-state index in [9.17, 15) is 20.0 Å². The number of benzene rings is 1. The van der Waals surface area contributed by atoms with E-state index in [4.69, 9.17) is 4.42 Å². The van der Waals surface area contributed by atoms with Gasteiger partial charge in [0, 0.05) is 18.3 Å². The number of aliphatic hydroxyl groups excluding tert-OH is 1. The van der Waals surface area contributed by atoms with Gasteiger partial charge in [0.1, 0.15) is 11.9 Å². The summed E-state index contributed by atoms with van der Waals surface area (Å²) in [6.45, 7) is -0.0317. The lowest BCUT2D eigenvalue weighted by Gasteiger charge is -2.08. The number of non-ortho nitro benzene ring substituents is 1. The van der Waals surface area contributed by atoms with E-state index in [1.54, 1.807) is 18.2 Å². The fourth-order valence-electron chi connectivity index (χ4n) is 2.20. The average molecular weight is 342 g/mol. The van der Waals surface area contributed by atoms with Crippen molar-refractivity contribution >= 4 is 11.6 Å². The van der Waals surface area contributed by atoms with Gasteiger partial charge in [-0.1, -0.05) is 6.07 Å². The fourth-order valence-corrected chi connectivity index (χ4v) is 2.20. The molecule has 0 saturated carbocycles. The van der Waals surface area contributed by atoms with E-state index in [1.165, 1.54) is 41.4 Å². The van der Waals surface area contributed by atoms with Crippen LogP contribution in [0.15, 0.2) is 59.3 Å². The summed E-state index contributed by atoms with van der Waals surface area (Å²) in [5, 5.41) is 27.3. The molecular formula is C16H14N4O5. The zero-order chi connectivity index (χ0) is 17.8. The summed E-state index contributed by atoms with van der Waals surface area (Å²) in [7, 11) is 0. The fraction of sp³-hybridized carbons (Fsp3) is 0.125. The van der Waals surface area contributed by atoms with E-state index < -0.39 is 16.9 Å². The van der Waals surface area contributed by atoms with Crippen LogP contribution in [0.4, 0.5) is 5.69 Å². The highest BCUT2D eigenvalue weighted by Gasteiger charge is 2.15. The van der Waals surface area contributed by atoms with Gasteiger partial charge in [0.05, 0.1) is 23.4 Å². The second-order valence-corrected chi connectivity index (χ2v) is 5.16. The molecular weight excluding hydrogens is 328 g/mol. The van der Waals surface area contributed by atoms with Crippen molar-refractivity contribution in [2.45, 2.75) is 6.10 Å². The van der Waals surface area contributed by atoms with Gasteiger partial charge in [0.2, 0.25) is 0 Å². The van der Waals surface area contributed by atoms with Gasteiger partial charge in [-0.05, 0) is 24.3 Å². The Labute approximate surface area is 141 Å². The van der Waals surface area contributed by atoms with Crippen LogP contribution in [0.3, 0.4) is 0 Å². The van der Waals surface area contributed by atoms with Crippen LogP contribution in [0.25, 0.3) is 5.69 Å². The number of nitrogens with zero attached hydrogens (tertiary/aromatic N) is 3. The maximum Gasteiger partial charge on any atom is 0.271 e. The number of nitrogens with one attached hydrogen (secondary N) is 1. The molecule has 25 heavy (non-hydrogen) atoms. The number of aliphatic hydroxyl groups is 1. The number of carbonyl (C=O) groups excluding carboxylic acids is 1. The number of carbonyl (C=O) groups is 1. The summed E-state index contributed by atoms with van der Waals surface area (Å²) < 4.78 is 6.42. The monoisotopic (exact) mass is 342 g/mol. The number of rotatable bonds is 6. The molecule has 1 atom stereocenters. The van der Waals surface area contributed by atoms with Gasteiger partial charge in [-0.15, -0.1) is 0 Å². The highest BCUT2D eigenvalue weighted by molar-refractivity contribution is 5.92. The first-order chi connectivity index (χ1) is 12.0. The molecule has 0 aliphatic carbocycles.